The topological polar surface area (TPSA) is 69.7 Å². The van der Waals surface area contributed by atoms with Crippen LogP contribution in [-0.4, -0.2) is 27.4 Å². The smallest absolute Gasteiger partial charge is 0.437 e. The standard InChI is InChI=1S/C11H12O5S/c1-15-11(12)16-9-5-4-8-3-2-6-17(13,14)10(8)7-9/h4-5,7H,2-3,6H2,1H3. The van der Waals surface area contributed by atoms with E-state index >= 15 is 0 Å². The Bertz CT molecular complexity index is 547. The lowest BCUT2D eigenvalue weighted by Crippen LogP contribution is -2.16. The molecule has 0 saturated heterocycles. The summed E-state index contributed by atoms with van der Waals surface area (Å²) in [5.41, 5.74) is 0.772. The van der Waals surface area contributed by atoms with Crippen molar-refractivity contribution in [1.82, 2.24) is 0 Å². The number of ether oxygens (including phenoxy) is 2. The van der Waals surface area contributed by atoms with E-state index in [1.165, 1.54) is 13.2 Å². The minimum atomic E-state index is -3.24. The molecule has 92 valence electrons. The monoisotopic (exact) mass is 256 g/mol. The maximum Gasteiger partial charge on any atom is 0.513 e. The van der Waals surface area contributed by atoms with Gasteiger partial charge >= 0.3 is 6.16 Å². The Balaban J connectivity index is 2.39. The molecule has 2 rings (SSSR count). The highest BCUT2D eigenvalue weighted by atomic mass is 32.2. The van der Waals surface area contributed by atoms with Gasteiger partial charge in [-0.2, -0.15) is 0 Å². The molecular weight excluding hydrogens is 244 g/mol. The normalized spacial score (nSPS) is 17.0. The summed E-state index contributed by atoms with van der Waals surface area (Å²) < 4.78 is 32.8. The van der Waals surface area contributed by atoms with Crippen molar-refractivity contribution in [2.24, 2.45) is 0 Å². The highest BCUT2D eigenvalue weighted by molar-refractivity contribution is 7.91. The summed E-state index contributed by atoms with van der Waals surface area (Å²) >= 11 is 0. The third kappa shape index (κ3) is 2.41. The summed E-state index contributed by atoms with van der Waals surface area (Å²) in [6, 6.07) is 4.61. The molecular formula is C11H12O5S. The molecule has 5 nitrogen and oxygen atoms in total. The molecule has 0 fully saturated rings. The summed E-state index contributed by atoms with van der Waals surface area (Å²) in [6.45, 7) is 0. The molecule has 0 amide bonds. The largest absolute Gasteiger partial charge is 0.513 e. The van der Waals surface area contributed by atoms with Gasteiger partial charge in [0.05, 0.1) is 17.8 Å². The van der Waals surface area contributed by atoms with E-state index in [1.807, 2.05) is 0 Å². The van der Waals surface area contributed by atoms with E-state index in [-0.39, 0.29) is 16.4 Å². The van der Waals surface area contributed by atoms with Crippen LogP contribution in [-0.2, 0) is 21.0 Å². The molecule has 1 aliphatic rings. The average Bonchev–Trinajstić information content (AvgIpc) is 2.29. The molecule has 1 heterocycles. The second-order valence-corrected chi connectivity index (χ2v) is 5.83. The molecule has 0 radical (unpaired) electrons. The Morgan fingerprint density at radius 2 is 2.12 bits per heavy atom. The SMILES string of the molecule is COC(=O)Oc1ccc2c(c1)S(=O)(=O)CCC2. The Hall–Kier alpha value is -1.56. The van der Waals surface area contributed by atoms with Gasteiger partial charge in [-0.05, 0) is 30.5 Å². The van der Waals surface area contributed by atoms with Gasteiger partial charge in [0.15, 0.2) is 9.84 Å². The molecule has 1 aliphatic heterocycles. The summed E-state index contributed by atoms with van der Waals surface area (Å²) in [5.74, 6) is 0.322. The van der Waals surface area contributed by atoms with Crippen molar-refractivity contribution in [1.29, 1.82) is 0 Å². The van der Waals surface area contributed by atoms with Crippen LogP contribution in [0.1, 0.15) is 12.0 Å². The van der Waals surface area contributed by atoms with Gasteiger partial charge in [0, 0.05) is 0 Å². The van der Waals surface area contributed by atoms with Gasteiger partial charge in [-0.3, -0.25) is 0 Å². The predicted octanol–water partition coefficient (Wildman–Crippen LogP) is 1.55. The summed E-state index contributed by atoms with van der Waals surface area (Å²) in [5, 5.41) is 0. The van der Waals surface area contributed by atoms with Crippen molar-refractivity contribution in [3.63, 3.8) is 0 Å². The quantitative estimate of drug-likeness (QED) is 0.563. The number of rotatable bonds is 1. The van der Waals surface area contributed by atoms with Crippen LogP contribution in [0, 0.1) is 0 Å². The minimum Gasteiger partial charge on any atom is -0.437 e. The number of carbonyl (C=O) groups is 1. The van der Waals surface area contributed by atoms with E-state index in [1.54, 1.807) is 12.1 Å². The average molecular weight is 256 g/mol. The highest BCUT2D eigenvalue weighted by Gasteiger charge is 2.24. The zero-order valence-electron chi connectivity index (χ0n) is 9.30. The molecule has 1 aromatic rings. The van der Waals surface area contributed by atoms with Gasteiger partial charge in [-0.1, -0.05) is 6.07 Å². The number of hydrogen-bond donors (Lipinski definition) is 0. The number of sulfone groups is 1. The first-order valence-corrected chi connectivity index (χ1v) is 6.79. The molecule has 0 saturated carbocycles. The number of carbonyl (C=O) groups excluding carboxylic acids is 1. The second kappa shape index (κ2) is 4.37. The number of fused-ring (bicyclic) bond motifs is 1. The fraction of sp³-hybridized carbons (Fsp3) is 0.364. The Labute approximate surface area is 99.3 Å². The summed E-state index contributed by atoms with van der Waals surface area (Å²) in [4.78, 5) is 11.2. The molecule has 0 aliphatic carbocycles. The molecule has 0 unspecified atom stereocenters. The molecule has 6 heteroatoms. The fourth-order valence-corrected chi connectivity index (χ4v) is 3.40. The Kier molecular flexibility index (Phi) is 3.06. The molecule has 17 heavy (non-hydrogen) atoms. The first-order chi connectivity index (χ1) is 8.03. The van der Waals surface area contributed by atoms with Crippen LogP contribution in [0.4, 0.5) is 4.79 Å². The lowest BCUT2D eigenvalue weighted by Gasteiger charge is -2.16. The van der Waals surface area contributed by atoms with Gasteiger partial charge in [-0.15, -0.1) is 0 Å². The van der Waals surface area contributed by atoms with Crippen LogP contribution >= 0.6 is 0 Å². The molecule has 0 aromatic heterocycles. The van der Waals surface area contributed by atoms with Gasteiger partial charge in [0.2, 0.25) is 0 Å². The number of benzene rings is 1. The van der Waals surface area contributed by atoms with Crippen molar-refractivity contribution in [3.8, 4) is 5.75 Å². The molecule has 1 aromatic carbocycles. The van der Waals surface area contributed by atoms with E-state index in [9.17, 15) is 13.2 Å². The first-order valence-electron chi connectivity index (χ1n) is 5.14. The van der Waals surface area contributed by atoms with Crippen LogP contribution in [0.15, 0.2) is 23.1 Å². The lowest BCUT2D eigenvalue weighted by atomic mass is 10.1. The maximum atomic E-state index is 11.8. The summed E-state index contributed by atoms with van der Waals surface area (Å²) in [7, 11) is -2.05. The van der Waals surface area contributed by atoms with E-state index in [2.05, 4.69) is 4.74 Å². The van der Waals surface area contributed by atoms with Crippen molar-refractivity contribution in [2.45, 2.75) is 17.7 Å². The Morgan fingerprint density at radius 3 is 2.82 bits per heavy atom. The van der Waals surface area contributed by atoms with E-state index < -0.39 is 16.0 Å². The molecule has 0 atom stereocenters. The maximum absolute atomic E-state index is 11.8. The molecule has 0 N–H and O–H groups in total. The Morgan fingerprint density at radius 1 is 1.35 bits per heavy atom. The van der Waals surface area contributed by atoms with Crippen molar-refractivity contribution >= 4 is 16.0 Å². The van der Waals surface area contributed by atoms with Crippen molar-refractivity contribution in [2.75, 3.05) is 12.9 Å². The van der Waals surface area contributed by atoms with Gasteiger partial charge in [0.1, 0.15) is 5.75 Å². The van der Waals surface area contributed by atoms with Gasteiger partial charge in [0.25, 0.3) is 0 Å². The number of hydrogen-bond acceptors (Lipinski definition) is 5. The zero-order valence-corrected chi connectivity index (χ0v) is 10.1. The van der Waals surface area contributed by atoms with Crippen molar-refractivity contribution in [3.05, 3.63) is 23.8 Å². The van der Waals surface area contributed by atoms with E-state index in [0.717, 1.165) is 12.0 Å². The van der Waals surface area contributed by atoms with E-state index in [4.69, 9.17) is 4.74 Å². The van der Waals surface area contributed by atoms with Crippen molar-refractivity contribution < 1.29 is 22.7 Å². The minimum absolute atomic E-state index is 0.141. The van der Waals surface area contributed by atoms with E-state index in [0.29, 0.717) is 6.42 Å². The first kappa shape index (κ1) is 11.9. The predicted molar refractivity (Wildman–Crippen MR) is 59.8 cm³/mol. The third-order valence-electron chi connectivity index (χ3n) is 2.60. The summed E-state index contributed by atoms with van der Waals surface area (Å²) in [6.07, 6.45) is 0.498. The van der Waals surface area contributed by atoms with Crippen LogP contribution in [0.2, 0.25) is 0 Å². The molecule has 0 bridgehead atoms. The van der Waals surface area contributed by atoms with Crippen LogP contribution < -0.4 is 4.74 Å². The van der Waals surface area contributed by atoms with Gasteiger partial charge in [-0.25, -0.2) is 13.2 Å². The zero-order chi connectivity index (χ0) is 12.5. The number of methoxy groups -OCH3 is 1. The van der Waals surface area contributed by atoms with Crippen LogP contribution in [0.3, 0.4) is 0 Å². The van der Waals surface area contributed by atoms with Crippen LogP contribution in [0.25, 0.3) is 0 Å². The third-order valence-corrected chi connectivity index (χ3v) is 4.48. The fourth-order valence-electron chi connectivity index (χ4n) is 1.79. The number of aryl methyl sites for hydroxylation is 1. The second-order valence-electron chi connectivity index (χ2n) is 3.75. The highest BCUT2D eigenvalue weighted by Crippen LogP contribution is 2.28. The lowest BCUT2D eigenvalue weighted by molar-refractivity contribution is 0.121. The van der Waals surface area contributed by atoms with Crippen LogP contribution in [0.5, 0.6) is 5.75 Å². The molecule has 0 spiro atoms. The van der Waals surface area contributed by atoms with Gasteiger partial charge < -0.3 is 9.47 Å².